The molecule has 0 saturated heterocycles. The lowest BCUT2D eigenvalue weighted by molar-refractivity contribution is -0.127. The molecule has 1 aliphatic rings. The average molecular weight is 395 g/mol. The Hall–Kier alpha value is -2.82. The summed E-state index contributed by atoms with van der Waals surface area (Å²) in [5, 5.41) is 3.09. The Morgan fingerprint density at radius 2 is 1.83 bits per heavy atom. The Kier molecular flexibility index (Phi) is 6.57. The molecule has 5 heteroatoms. The van der Waals surface area contributed by atoms with Gasteiger partial charge in [0.1, 0.15) is 11.5 Å². The molecular formula is C24H29NO4. The topological polar surface area (TPSA) is 64.6 Å². The molecule has 0 heterocycles. The van der Waals surface area contributed by atoms with E-state index >= 15 is 0 Å². The molecule has 1 atom stereocenters. The first-order chi connectivity index (χ1) is 13.9. The normalized spacial score (nSPS) is 16.1. The van der Waals surface area contributed by atoms with Crippen molar-refractivity contribution in [1.82, 2.24) is 5.32 Å². The molecule has 1 unspecified atom stereocenters. The van der Waals surface area contributed by atoms with Gasteiger partial charge in [-0.25, -0.2) is 0 Å². The van der Waals surface area contributed by atoms with E-state index in [0.717, 1.165) is 37.0 Å². The molecule has 2 aromatic carbocycles. The number of carbonyl (C=O) groups excluding carboxylic acids is 2. The summed E-state index contributed by atoms with van der Waals surface area (Å²) in [7, 11) is 1.69. The molecular weight excluding hydrogens is 366 g/mol. The monoisotopic (exact) mass is 395 g/mol. The Labute approximate surface area is 172 Å². The van der Waals surface area contributed by atoms with E-state index in [1.165, 1.54) is 6.92 Å². The highest BCUT2D eigenvalue weighted by molar-refractivity contribution is 5.94. The van der Waals surface area contributed by atoms with E-state index in [9.17, 15) is 9.59 Å². The SMILES string of the molecule is COc1ccccc1C1(CNC(=O)C(C)Oc2cccc(C(C)=O)c2)CCCC1. The van der Waals surface area contributed by atoms with Crippen LogP contribution in [0.15, 0.2) is 48.5 Å². The Morgan fingerprint density at radius 1 is 1.10 bits per heavy atom. The van der Waals surface area contributed by atoms with Crippen molar-refractivity contribution in [2.24, 2.45) is 0 Å². The van der Waals surface area contributed by atoms with Crippen molar-refractivity contribution in [3.63, 3.8) is 0 Å². The minimum Gasteiger partial charge on any atom is -0.496 e. The number of hydrogen-bond acceptors (Lipinski definition) is 4. The molecule has 0 aromatic heterocycles. The second-order valence-corrected chi connectivity index (χ2v) is 7.75. The van der Waals surface area contributed by atoms with Crippen molar-refractivity contribution in [2.75, 3.05) is 13.7 Å². The molecule has 5 nitrogen and oxygen atoms in total. The molecule has 1 fully saturated rings. The van der Waals surface area contributed by atoms with Gasteiger partial charge >= 0.3 is 0 Å². The summed E-state index contributed by atoms with van der Waals surface area (Å²) < 4.78 is 11.4. The van der Waals surface area contributed by atoms with Gasteiger partial charge in [0.15, 0.2) is 11.9 Å². The molecule has 29 heavy (non-hydrogen) atoms. The van der Waals surface area contributed by atoms with Crippen LogP contribution in [0.1, 0.15) is 55.5 Å². The number of para-hydroxylation sites is 1. The van der Waals surface area contributed by atoms with Gasteiger partial charge in [-0.15, -0.1) is 0 Å². The molecule has 1 amide bonds. The molecule has 154 valence electrons. The predicted molar refractivity (Wildman–Crippen MR) is 113 cm³/mol. The first-order valence-electron chi connectivity index (χ1n) is 10.1. The van der Waals surface area contributed by atoms with Gasteiger partial charge in [-0.05, 0) is 44.9 Å². The number of hydrogen-bond donors (Lipinski definition) is 1. The lowest BCUT2D eigenvalue weighted by Crippen LogP contribution is -2.44. The van der Waals surface area contributed by atoms with Crippen LogP contribution in [0, 0.1) is 0 Å². The highest BCUT2D eigenvalue weighted by atomic mass is 16.5. The summed E-state index contributed by atoms with van der Waals surface area (Å²) in [6.07, 6.45) is 3.65. The number of ketones is 1. The van der Waals surface area contributed by atoms with Gasteiger partial charge in [-0.3, -0.25) is 9.59 Å². The number of nitrogens with one attached hydrogen (secondary N) is 1. The van der Waals surface area contributed by atoms with Crippen molar-refractivity contribution in [3.8, 4) is 11.5 Å². The van der Waals surface area contributed by atoms with Gasteiger partial charge in [-0.2, -0.15) is 0 Å². The molecule has 0 bridgehead atoms. The standard InChI is InChI=1S/C24H29NO4/c1-17(26)19-9-8-10-20(15-19)29-18(2)23(27)25-16-24(13-6-7-14-24)21-11-4-5-12-22(21)28-3/h4-5,8-12,15,18H,6-7,13-14,16H2,1-3H3,(H,25,27). The molecule has 0 radical (unpaired) electrons. The van der Waals surface area contributed by atoms with Gasteiger partial charge in [0.25, 0.3) is 5.91 Å². The van der Waals surface area contributed by atoms with Crippen molar-refractivity contribution in [2.45, 2.75) is 51.0 Å². The Bertz CT molecular complexity index is 871. The third-order valence-corrected chi connectivity index (χ3v) is 5.76. The van der Waals surface area contributed by atoms with E-state index in [1.807, 2.05) is 18.2 Å². The van der Waals surface area contributed by atoms with E-state index < -0.39 is 6.10 Å². The summed E-state index contributed by atoms with van der Waals surface area (Å²) in [4.78, 5) is 24.3. The second-order valence-electron chi connectivity index (χ2n) is 7.75. The van der Waals surface area contributed by atoms with E-state index in [4.69, 9.17) is 9.47 Å². The lowest BCUT2D eigenvalue weighted by Gasteiger charge is -2.31. The second kappa shape index (κ2) is 9.12. The van der Waals surface area contributed by atoms with Crippen LogP contribution in [0.2, 0.25) is 0 Å². The maximum Gasteiger partial charge on any atom is 0.260 e. The van der Waals surface area contributed by atoms with Gasteiger partial charge in [0.2, 0.25) is 0 Å². The Morgan fingerprint density at radius 3 is 2.52 bits per heavy atom. The smallest absolute Gasteiger partial charge is 0.260 e. The maximum absolute atomic E-state index is 12.7. The zero-order chi connectivity index (χ0) is 20.9. The number of carbonyl (C=O) groups is 2. The van der Waals surface area contributed by atoms with Crippen molar-refractivity contribution in [1.29, 1.82) is 0 Å². The number of Topliss-reactive ketones (excluding diaryl/α,β-unsaturated/α-hetero) is 1. The number of methoxy groups -OCH3 is 1. The van der Waals surface area contributed by atoms with Gasteiger partial charge in [-0.1, -0.05) is 43.2 Å². The van der Waals surface area contributed by atoms with E-state index in [1.54, 1.807) is 38.3 Å². The molecule has 0 spiro atoms. The summed E-state index contributed by atoms with van der Waals surface area (Å²) in [5.41, 5.74) is 1.61. The van der Waals surface area contributed by atoms with Crippen LogP contribution >= 0.6 is 0 Å². The fraction of sp³-hybridized carbons (Fsp3) is 0.417. The quantitative estimate of drug-likeness (QED) is 0.677. The summed E-state index contributed by atoms with van der Waals surface area (Å²) in [6.45, 7) is 3.78. The predicted octanol–water partition coefficient (Wildman–Crippen LogP) is 4.29. The van der Waals surface area contributed by atoms with E-state index in [0.29, 0.717) is 17.9 Å². The molecule has 1 saturated carbocycles. The lowest BCUT2D eigenvalue weighted by atomic mass is 9.78. The number of ether oxygens (including phenoxy) is 2. The zero-order valence-electron chi connectivity index (χ0n) is 17.4. The van der Waals surface area contributed by atoms with E-state index in [-0.39, 0.29) is 17.1 Å². The van der Waals surface area contributed by atoms with E-state index in [2.05, 4.69) is 11.4 Å². The van der Waals surface area contributed by atoms with Crippen molar-refractivity contribution < 1.29 is 19.1 Å². The molecule has 1 aliphatic carbocycles. The largest absolute Gasteiger partial charge is 0.496 e. The van der Waals surface area contributed by atoms with Crippen molar-refractivity contribution >= 4 is 11.7 Å². The fourth-order valence-electron chi connectivity index (χ4n) is 4.12. The third-order valence-electron chi connectivity index (χ3n) is 5.76. The van der Waals surface area contributed by atoms with Gasteiger partial charge in [0, 0.05) is 23.1 Å². The highest BCUT2D eigenvalue weighted by Crippen LogP contribution is 2.44. The summed E-state index contributed by atoms with van der Waals surface area (Å²) >= 11 is 0. The highest BCUT2D eigenvalue weighted by Gasteiger charge is 2.38. The van der Waals surface area contributed by atoms with Crippen LogP contribution in [0.3, 0.4) is 0 Å². The first-order valence-corrected chi connectivity index (χ1v) is 10.1. The first kappa shape index (κ1) is 20.9. The van der Waals surface area contributed by atoms with Crippen LogP contribution < -0.4 is 14.8 Å². The zero-order valence-corrected chi connectivity index (χ0v) is 17.4. The Balaban J connectivity index is 1.68. The molecule has 1 N–H and O–H groups in total. The maximum atomic E-state index is 12.7. The molecule has 2 aromatic rings. The molecule has 3 rings (SSSR count). The number of rotatable bonds is 8. The van der Waals surface area contributed by atoms with Gasteiger partial charge in [0.05, 0.1) is 7.11 Å². The fourth-order valence-corrected chi connectivity index (χ4v) is 4.12. The van der Waals surface area contributed by atoms with Crippen molar-refractivity contribution in [3.05, 3.63) is 59.7 Å². The van der Waals surface area contributed by atoms with Crippen LogP contribution in [-0.2, 0) is 10.2 Å². The summed E-state index contributed by atoms with van der Waals surface area (Å²) in [5.74, 6) is 1.18. The molecule has 0 aliphatic heterocycles. The number of benzene rings is 2. The van der Waals surface area contributed by atoms with Crippen LogP contribution in [0.5, 0.6) is 11.5 Å². The third kappa shape index (κ3) is 4.78. The minimum atomic E-state index is -0.659. The van der Waals surface area contributed by atoms with Gasteiger partial charge < -0.3 is 14.8 Å². The number of amides is 1. The van der Waals surface area contributed by atoms with Crippen LogP contribution in [-0.4, -0.2) is 31.4 Å². The summed E-state index contributed by atoms with van der Waals surface area (Å²) in [6, 6.07) is 15.0. The minimum absolute atomic E-state index is 0.0347. The average Bonchev–Trinajstić information content (AvgIpc) is 3.22. The van der Waals surface area contributed by atoms with Crippen LogP contribution in [0.25, 0.3) is 0 Å². The van der Waals surface area contributed by atoms with Crippen LogP contribution in [0.4, 0.5) is 0 Å².